The van der Waals surface area contributed by atoms with Crippen LogP contribution < -0.4 is 0 Å². The molecule has 2 nitrogen and oxygen atoms in total. The van der Waals surface area contributed by atoms with Gasteiger partial charge in [-0.25, -0.2) is 0 Å². The summed E-state index contributed by atoms with van der Waals surface area (Å²) in [6.45, 7) is 6.43. The van der Waals surface area contributed by atoms with Crippen LogP contribution in [0.4, 0.5) is 0 Å². The predicted molar refractivity (Wildman–Crippen MR) is 69.7 cm³/mol. The van der Waals surface area contributed by atoms with E-state index in [2.05, 4.69) is 61.8 Å². The zero-order valence-electron chi connectivity index (χ0n) is 10.6. The number of nitrogens with zero attached hydrogens (tertiary/aromatic N) is 2. The van der Waals surface area contributed by atoms with Crippen molar-refractivity contribution < 1.29 is 0 Å². The third-order valence-electron chi connectivity index (χ3n) is 3.02. The van der Waals surface area contributed by atoms with Crippen LogP contribution in [0.2, 0.25) is 0 Å². The Hall–Kier alpha value is -1.28. The zero-order valence-corrected chi connectivity index (χ0v) is 10.6. The van der Waals surface area contributed by atoms with E-state index in [0.717, 1.165) is 13.1 Å². The maximum atomic E-state index is 2.33. The molecule has 1 heterocycles. The van der Waals surface area contributed by atoms with E-state index in [-0.39, 0.29) is 0 Å². The average molecular weight is 216 g/mol. The molecule has 0 bridgehead atoms. The molecule has 2 rings (SSSR count). The lowest BCUT2D eigenvalue weighted by Crippen LogP contribution is -2.10. The van der Waals surface area contributed by atoms with E-state index in [1.165, 1.54) is 22.0 Å². The van der Waals surface area contributed by atoms with Gasteiger partial charge in [0.25, 0.3) is 0 Å². The first-order valence-electron chi connectivity index (χ1n) is 5.85. The summed E-state index contributed by atoms with van der Waals surface area (Å²) in [5, 5.41) is 1.43. The van der Waals surface area contributed by atoms with Crippen LogP contribution in [-0.2, 0) is 13.1 Å². The van der Waals surface area contributed by atoms with Gasteiger partial charge in [0.05, 0.1) is 0 Å². The van der Waals surface area contributed by atoms with E-state index >= 15 is 0 Å². The topological polar surface area (TPSA) is 8.17 Å². The normalized spacial score (nSPS) is 11.6. The van der Waals surface area contributed by atoms with E-state index in [1.54, 1.807) is 0 Å². The smallest absolute Gasteiger partial charge is 0.0486 e. The molecule has 1 aromatic carbocycles. The maximum Gasteiger partial charge on any atom is 0.0486 e. The second-order valence-electron chi connectivity index (χ2n) is 4.65. The second-order valence-corrected chi connectivity index (χ2v) is 4.65. The molecule has 1 aromatic heterocycles. The van der Waals surface area contributed by atoms with Crippen molar-refractivity contribution in [3.05, 3.63) is 35.5 Å². The van der Waals surface area contributed by atoms with Crippen molar-refractivity contribution in [2.75, 3.05) is 14.1 Å². The Morgan fingerprint density at radius 2 is 2.00 bits per heavy atom. The molecule has 0 radical (unpaired) electrons. The zero-order chi connectivity index (χ0) is 11.7. The number of rotatable bonds is 3. The third-order valence-corrected chi connectivity index (χ3v) is 3.02. The highest BCUT2D eigenvalue weighted by Crippen LogP contribution is 2.25. The van der Waals surface area contributed by atoms with Crippen molar-refractivity contribution in [1.29, 1.82) is 0 Å². The van der Waals surface area contributed by atoms with Gasteiger partial charge in [-0.1, -0.05) is 12.1 Å². The predicted octanol–water partition coefficient (Wildman–Crippen LogP) is 3.03. The molecule has 0 saturated carbocycles. The summed E-state index contributed by atoms with van der Waals surface area (Å²) in [4.78, 5) is 2.22. The first-order valence-corrected chi connectivity index (χ1v) is 5.85. The maximum absolute atomic E-state index is 2.33. The highest BCUT2D eigenvalue weighted by molar-refractivity contribution is 5.87. The van der Waals surface area contributed by atoms with E-state index in [1.807, 2.05) is 0 Å². The molecule has 2 aromatic rings. The highest BCUT2D eigenvalue weighted by atomic mass is 15.1. The monoisotopic (exact) mass is 216 g/mol. The lowest BCUT2D eigenvalue weighted by molar-refractivity contribution is 0.403. The van der Waals surface area contributed by atoms with E-state index < -0.39 is 0 Å². The average Bonchev–Trinajstić information content (AvgIpc) is 2.57. The Labute approximate surface area is 97.5 Å². The van der Waals surface area contributed by atoms with Gasteiger partial charge in [0, 0.05) is 30.2 Å². The molecule has 2 heteroatoms. The van der Waals surface area contributed by atoms with Crippen LogP contribution in [0.3, 0.4) is 0 Å². The van der Waals surface area contributed by atoms with Gasteiger partial charge in [-0.15, -0.1) is 0 Å². The van der Waals surface area contributed by atoms with Crippen molar-refractivity contribution in [2.45, 2.75) is 26.9 Å². The van der Waals surface area contributed by atoms with Gasteiger partial charge in [0.2, 0.25) is 0 Å². The number of hydrogen-bond acceptors (Lipinski definition) is 1. The molecular formula is C14H20N2. The van der Waals surface area contributed by atoms with Crippen LogP contribution in [-0.4, -0.2) is 23.6 Å². The Morgan fingerprint density at radius 1 is 1.25 bits per heavy atom. The van der Waals surface area contributed by atoms with Gasteiger partial charge < -0.3 is 9.47 Å². The largest absolute Gasteiger partial charge is 0.347 e. The number of aryl methyl sites for hydroxylation is 2. The van der Waals surface area contributed by atoms with Crippen molar-refractivity contribution in [1.82, 2.24) is 9.47 Å². The summed E-state index contributed by atoms with van der Waals surface area (Å²) >= 11 is 0. The van der Waals surface area contributed by atoms with Crippen molar-refractivity contribution >= 4 is 10.9 Å². The number of fused-ring (bicyclic) bond motifs is 1. The highest BCUT2D eigenvalue weighted by Gasteiger charge is 2.09. The summed E-state index contributed by atoms with van der Waals surface area (Å²) in [5.41, 5.74) is 4.17. The molecule has 16 heavy (non-hydrogen) atoms. The molecule has 0 atom stereocenters. The van der Waals surface area contributed by atoms with Gasteiger partial charge in [0.1, 0.15) is 0 Å². The SMILES string of the molecule is CCn1cc(CN(C)C)c2c(C)cccc21. The number of hydrogen-bond donors (Lipinski definition) is 0. The third kappa shape index (κ3) is 1.85. The Balaban J connectivity index is 2.64. The molecule has 0 N–H and O–H groups in total. The lowest BCUT2D eigenvalue weighted by Gasteiger charge is -2.08. The van der Waals surface area contributed by atoms with Crippen molar-refractivity contribution in [3.63, 3.8) is 0 Å². The van der Waals surface area contributed by atoms with Gasteiger partial charge in [-0.3, -0.25) is 0 Å². The number of benzene rings is 1. The van der Waals surface area contributed by atoms with Crippen LogP contribution in [0.1, 0.15) is 18.1 Å². The molecule has 0 fully saturated rings. The first-order chi connectivity index (χ1) is 7.63. The molecule has 86 valence electrons. The van der Waals surface area contributed by atoms with Gasteiger partial charge in [0.15, 0.2) is 0 Å². The Kier molecular flexibility index (Phi) is 3.01. The number of aromatic nitrogens is 1. The first kappa shape index (κ1) is 11.2. The van der Waals surface area contributed by atoms with Gasteiger partial charge >= 0.3 is 0 Å². The summed E-state index contributed by atoms with van der Waals surface area (Å²) < 4.78 is 2.33. The van der Waals surface area contributed by atoms with E-state index in [0.29, 0.717) is 0 Å². The van der Waals surface area contributed by atoms with E-state index in [9.17, 15) is 0 Å². The molecule has 0 aliphatic carbocycles. The molecule has 0 amide bonds. The van der Waals surface area contributed by atoms with Gasteiger partial charge in [-0.2, -0.15) is 0 Å². The summed E-state index contributed by atoms with van der Waals surface area (Å²) in [5.74, 6) is 0. The quantitative estimate of drug-likeness (QED) is 0.765. The fourth-order valence-electron chi connectivity index (χ4n) is 2.35. The van der Waals surface area contributed by atoms with Crippen molar-refractivity contribution in [3.8, 4) is 0 Å². The second kappa shape index (κ2) is 4.30. The Morgan fingerprint density at radius 3 is 2.62 bits per heavy atom. The summed E-state index contributed by atoms with van der Waals surface area (Å²) in [7, 11) is 4.24. The minimum absolute atomic E-state index is 1.01. The Bertz CT molecular complexity index is 495. The molecule has 0 saturated heterocycles. The lowest BCUT2D eigenvalue weighted by atomic mass is 10.1. The molecule has 0 aliphatic rings. The van der Waals surface area contributed by atoms with Crippen LogP contribution in [0.5, 0.6) is 0 Å². The van der Waals surface area contributed by atoms with Crippen LogP contribution in [0.25, 0.3) is 10.9 Å². The molecular weight excluding hydrogens is 196 g/mol. The standard InChI is InChI=1S/C14H20N2/c1-5-16-10-12(9-15(3)4)14-11(2)7-6-8-13(14)16/h6-8,10H,5,9H2,1-4H3. The summed E-state index contributed by atoms with van der Waals surface area (Å²) in [6, 6.07) is 6.55. The summed E-state index contributed by atoms with van der Waals surface area (Å²) in [6.07, 6.45) is 2.29. The molecule has 0 unspecified atom stereocenters. The van der Waals surface area contributed by atoms with E-state index in [4.69, 9.17) is 0 Å². The van der Waals surface area contributed by atoms with Crippen LogP contribution >= 0.6 is 0 Å². The minimum atomic E-state index is 1.01. The fourth-order valence-corrected chi connectivity index (χ4v) is 2.35. The van der Waals surface area contributed by atoms with Crippen LogP contribution in [0, 0.1) is 6.92 Å². The van der Waals surface area contributed by atoms with Crippen molar-refractivity contribution in [2.24, 2.45) is 0 Å². The molecule has 0 aliphatic heterocycles. The fraction of sp³-hybridized carbons (Fsp3) is 0.429. The van der Waals surface area contributed by atoms with Gasteiger partial charge in [-0.05, 0) is 45.1 Å². The van der Waals surface area contributed by atoms with Crippen LogP contribution in [0.15, 0.2) is 24.4 Å². The minimum Gasteiger partial charge on any atom is -0.347 e. The molecule has 0 spiro atoms.